The van der Waals surface area contributed by atoms with Crippen LogP contribution in [0.15, 0.2) is 47.3 Å². The zero-order chi connectivity index (χ0) is 15.4. The van der Waals surface area contributed by atoms with Crippen LogP contribution in [-0.4, -0.2) is 24.1 Å². The van der Waals surface area contributed by atoms with Gasteiger partial charge in [0.25, 0.3) is 0 Å². The Bertz CT molecular complexity index is 676. The molecule has 0 atom stereocenters. The van der Waals surface area contributed by atoms with E-state index in [-0.39, 0.29) is 12.7 Å². The van der Waals surface area contributed by atoms with Crippen molar-refractivity contribution >= 4 is 12.0 Å². The molecule has 1 aromatic carbocycles. The summed E-state index contributed by atoms with van der Waals surface area (Å²) in [5.74, 6) is 1.40. The molecule has 1 aliphatic rings. The molecule has 3 rings (SSSR count). The minimum Gasteiger partial charge on any atom is -0.472 e. The minimum absolute atomic E-state index is 0.0404. The van der Waals surface area contributed by atoms with Gasteiger partial charge in [-0.1, -0.05) is 6.07 Å². The van der Waals surface area contributed by atoms with E-state index < -0.39 is 0 Å². The Hall–Kier alpha value is -2.69. The summed E-state index contributed by atoms with van der Waals surface area (Å²) in [7, 11) is 0. The van der Waals surface area contributed by atoms with E-state index in [1.807, 2.05) is 31.2 Å². The van der Waals surface area contributed by atoms with Gasteiger partial charge in [-0.2, -0.15) is 0 Å². The molecule has 2 aromatic rings. The number of amides is 1. The van der Waals surface area contributed by atoms with Gasteiger partial charge in [-0.3, -0.25) is 4.79 Å². The lowest BCUT2D eigenvalue weighted by atomic mass is 10.2. The molecule has 1 aromatic heterocycles. The zero-order valence-electron chi connectivity index (χ0n) is 12.3. The van der Waals surface area contributed by atoms with Gasteiger partial charge in [0.05, 0.1) is 12.5 Å². The average Bonchev–Trinajstić information content (AvgIpc) is 3.20. The Kier molecular flexibility index (Phi) is 4.14. The third-order valence-electron chi connectivity index (χ3n) is 3.46. The smallest absolute Gasteiger partial charge is 0.246 e. The highest BCUT2D eigenvalue weighted by Gasteiger charge is 2.13. The van der Waals surface area contributed by atoms with E-state index in [1.165, 1.54) is 0 Å². The number of rotatable bonds is 5. The highest BCUT2D eigenvalue weighted by molar-refractivity contribution is 5.91. The van der Waals surface area contributed by atoms with Crippen LogP contribution in [0.4, 0.5) is 0 Å². The van der Waals surface area contributed by atoms with E-state index in [2.05, 4.69) is 0 Å². The Morgan fingerprint density at radius 2 is 2.14 bits per heavy atom. The Labute approximate surface area is 128 Å². The molecule has 0 bridgehead atoms. The largest absolute Gasteiger partial charge is 0.472 e. The van der Waals surface area contributed by atoms with E-state index in [1.54, 1.807) is 29.6 Å². The molecule has 0 radical (unpaired) electrons. The van der Waals surface area contributed by atoms with Crippen molar-refractivity contribution in [3.05, 3.63) is 54.0 Å². The number of furan rings is 1. The number of carbonyl (C=O) groups is 1. The van der Waals surface area contributed by atoms with E-state index in [0.29, 0.717) is 18.8 Å². The first kappa shape index (κ1) is 14.3. The lowest BCUT2D eigenvalue weighted by Gasteiger charge is -2.18. The van der Waals surface area contributed by atoms with Crippen molar-refractivity contribution in [1.29, 1.82) is 0 Å². The molecule has 5 heteroatoms. The number of ether oxygens (including phenoxy) is 2. The Morgan fingerprint density at radius 3 is 2.91 bits per heavy atom. The molecule has 114 valence electrons. The van der Waals surface area contributed by atoms with Gasteiger partial charge in [0.2, 0.25) is 12.7 Å². The Morgan fingerprint density at radius 1 is 1.27 bits per heavy atom. The fourth-order valence-corrected chi connectivity index (χ4v) is 2.24. The molecule has 1 amide bonds. The van der Waals surface area contributed by atoms with Gasteiger partial charge in [0.1, 0.15) is 0 Å². The van der Waals surface area contributed by atoms with Gasteiger partial charge < -0.3 is 18.8 Å². The van der Waals surface area contributed by atoms with Crippen molar-refractivity contribution in [1.82, 2.24) is 4.90 Å². The highest BCUT2D eigenvalue weighted by Crippen LogP contribution is 2.32. The molecule has 0 saturated carbocycles. The van der Waals surface area contributed by atoms with E-state index in [9.17, 15) is 4.79 Å². The van der Waals surface area contributed by atoms with Crippen molar-refractivity contribution in [2.24, 2.45) is 0 Å². The first-order chi connectivity index (χ1) is 10.8. The van der Waals surface area contributed by atoms with Crippen LogP contribution in [0.1, 0.15) is 18.1 Å². The maximum Gasteiger partial charge on any atom is 0.246 e. The summed E-state index contributed by atoms with van der Waals surface area (Å²) >= 11 is 0. The van der Waals surface area contributed by atoms with Gasteiger partial charge in [0.15, 0.2) is 11.5 Å². The first-order valence-electron chi connectivity index (χ1n) is 7.14. The molecule has 1 aliphatic heterocycles. The summed E-state index contributed by atoms with van der Waals surface area (Å²) in [5.41, 5.74) is 1.88. The number of hydrogen-bond donors (Lipinski definition) is 0. The summed E-state index contributed by atoms with van der Waals surface area (Å²) in [6.07, 6.45) is 6.61. The summed E-state index contributed by atoms with van der Waals surface area (Å²) in [6, 6.07) is 7.45. The zero-order valence-corrected chi connectivity index (χ0v) is 12.3. The minimum atomic E-state index is -0.0404. The van der Waals surface area contributed by atoms with Crippen LogP contribution in [0.25, 0.3) is 6.08 Å². The molecule has 5 nitrogen and oxygen atoms in total. The van der Waals surface area contributed by atoms with Gasteiger partial charge in [-0.05, 0) is 36.8 Å². The third kappa shape index (κ3) is 3.14. The molecular weight excluding hydrogens is 282 g/mol. The van der Waals surface area contributed by atoms with Gasteiger partial charge in [-0.25, -0.2) is 0 Å². The van der Waals surface area contributed by atoms with Crippen LogP contribution in [0.3, 0.4) is 0 Å². The van der Waals surface area contributed by atoms with Crippen molar-refractivity contribution in [3.63, 3.8) is 0 Å². The van der Waals surface area contributed by atoms with E-state index in [0.717, 1.165) is 16.9 Å². The molecule has 0 aliphatic carbocycles. The van der Waals surface area contributed by atoms with Gasteiger partial charge in [-0.15, -0.1) is 0 Å². The van der Waals surface area contributed by atoms with Crippen molar-refractivity contribution in [2.45, 2.75) is 13.5 Å². The van der Waals surface area contributed by atoms with Crippen LogP contribution < -0.4 is 9.47 Å². The molecule has 2 heterocycles. The fraction of sp³-hybridized carbons (Fsp3) is 0.235. The van der Waals surface area contributed by atoms with Crippen molar-refractivity contribution in [2.75, 3.05) is 13.3 Å². The van der Waals surface area contributed by atoms with Gasteiger partial charge >= 0.3 is 0 Å². The van der Waals surface area contributed by atoms with Gasteiger partial charge in [0, 0.05) is 24.7 Å². The van der Waals surface area contributed by atoms with E-state index >= 15 is 0 Å². The monoisotopic (exact) mass is 299 g/mol. The maximum atomic E-state index is 12.3. The lowest BCUT2D eigenvalue weighted by Crippen LogP contribution is -2.28. The summed E-state index contributed by atoms with van der Waals surface area (Å²) in [6.45, 7) is 3.37. The van der Waals surface area contributed by atoms with Crippen molar-refractivity contribution in [3.8, 4) is 11.5 Å². The second kappa shape index (κ2) is 6.39. The third-order valence-corrected chi connectivity index (χ3v) is 3.46. The molecule has 0 unspecified atom stereocenters. The number of fused-ring (bicyclic) bond motifs is 1. The van der Waals surface area contributed by atoms with Crippen LogP contribution in [0.5, 0.6) is 11.5 Å². The van der Waals surface area contributed by atoms with Crippen LogP contribution >= 0.6 is 0 Å². The topological polar surface area (TPSA) is 51.9 Å². The number of hydrogen-bond acceptors (Lipinski definition) is 4. The number of benzene rings is 1. The SMILES string of the molecule is CCN(Cc1ccoc1)C(=O)C=Cc1ccc2c(c1)OCO2. The summed E-state index contributed by atoms with van der Waals surface area (Å²) < 4.78 is 15.6. The van der Waals surface area contributed by atoms with Crippen LogP contribution in [0.2, 0.25) is 0 Å². The van der Waals surface area contributed by atoms with Crippen LogP contribution in [-0.2, 0) is 11.3 Å². The molecule has 22 heavy (non-hydrogen) atoms. The molecule has 0 fully saturated rings. The number of carbonyl (C=O) groups excluding carboxylic acids is 1. The average molecular weight is 299 g/mol. The standard InChI is InChI=1S/C17H17NO4/c1-2-18(10-14-7-8-20-11-14)17(19)6-4-13-3-5-15-16(9-13)22-12-21-15/h3-9,11H,2,10,12H2,1H3. The van der Waals surface area contributed by atoms with Crippen molar-refractivity contribution < 1.29 is 18.7 Å². The summed E-state index contributed by atoms with van der Waals surface area (Å²) in [4.78, 5) is 14.0. The Balaban J connectivity index is 1.66. The molecule has 0 N–H and O–H groups in total. The molecule has 0 saturated heterocycles. The number of likely N-dealkylation sites (N-methyl/N-ethyl adjacent to an activating group) is 1. The predicted octanol–water partition coefficient (Wildman–Crippen LogP) is 3.07. The lowest BCUT2D eigenvalue weighted by molar-refractivity contribution is -0.126. The fourth-order valence-electron chi connectivity index (χ4n) is 2.24. The second-order valence-electron chi connectivity index (χ2n) is 4.93. The summed E-state index contributed by atoms with van der Waals surface area (Å²) in [5, 5.41) is 0. The number of nitrogens with zero attached hydrogens (tertiary/aromatic N) is 1. The normalized spacial score (nSPS) is 12.8. The highest BCUT2D eigenvalue weighted by atomic mass is 16.7. The quantitative estimate of drug-likeness (QED) is 0.796. The maximum absolute atomic E-state index is 12.3. The van der Waals surface area contributed by atoms with E-state index in [4.69, 9.17) is 13.9 Å². The predicted molar refractivity (Wildman–Crippen MR) is 81.4 cm³/mol. The molecular formula is C17H17NO4. The first-order valence-corrected chi connectivity index (χ1v) is 7.14. The van der Waals surface area contributed by atoms with Crippen LogP contribution in [0, 0.1) is 0 Å². The second-order valence-corrected chi connectivity index (χ2v) is 4.93. The molecule has 0 spiro atoms.